The van der Waals surface area contributed by atoms with Gasteiger partial charge in [-0.15, -0.1) is 10.2 Å². The van der Waals surface area contributed by atoms with E-state index in [1.807, 2.05) is 10.5 Å². The Kier molecular flexibility index (Phi) is 3.16. The highest BCUT2D eigenvalue weighted by atomic mass is 15.2. The molecule has 0 amide bonds. The van der Waals surface area contributed by atoms with E-state index in [2.05, 4.69) is 23.2 Å². The first kappa shape index (κ1) is 10.6. The van der Waals surface area contributed by atoms with Crippen LogP contribution >= 0.6 is 0 Å². The topological polar surface area (TPSA) is 54.0 Å². The fraction of sp³-hybridized carbons (Fsp3) is 0.417. The van der Waals surface area contributed by atoms with Crippen LogP contribution in [-0.2, 0) is 6.42 Å². The summed E-state index contributed by atoms with van der Waals surface area (Å²) in [5.74, 6) is 0.945. The largest absolute Gasteiger partial charge is 0.285 e. The average molecular weight is 214 g/mol. The van der Waals surface area contributed by atoms with E-state index in [0.29, 0.717) is 5.56 Å². The highest BCUT2D eigenvalue weighted by molar-refractivity contribution is 5.42. The number of rotatable bonds is 4. The Morgan fingerprint density at radius 1 is 1.31 bits per heavy atom. The van der Waals surface area contributed by atoms with Crippen molar-refractivity contribution in [3.63, 3.8) is 0 Å². The molecule has 2 aromatic heterocycles. The summed E-state index contributed by atoms with van der Waals surface area (Å²) < 4.78 is 1.91. The number of unbranched alkanes of at least 4 members (excludes halogenated alkanes) is 2. The molecular weight excluding hydrogens is 200 g/mol. The summed E-state index contributed by atoms with van der Waals surface area (Å²) in [4.78, 5) is 0. The molecule has 16 heavy (non-hydrogen) atoms. The molecule has 0 saturated carbocycles. The Hall–Kier alpha value is -1.89. The molecule has 82 valence electrons. The van der Waals surface area contributed by atoms with Crippen molar-refractivity contribution in [2.24, 2.45) is 0 Å². The summed E-state index contributed by atoms with van der Waals surface area (Å²) in [6, 6.07) is 5.72. The van der Waals surface area contributed by atoms with Crippen molar-refractivity contribution in [2.75, 3.05) is 0 Å². The number of hydrogen-bond donors (Lipinski definition) is 0. The molecule has 0 unspecified atom stereocenters. The van der Waals surface area contributed by atoms with Crippen LogP contribution in [0.15, 0.2) is 18.3 Å². The van der Waals surface area contributed by atoms with Gasteiger partial charge in [0.2, 0.25) is 0 Å². The highest BCUT2D eigenvalue weighted by Crippen LogP contribution is 2.09. The van der Waals surface area contributed by atoms with Crippen molar-refractivity contribution in [3.8, 4) is 6.07 Å². The van der Waals surface area contributed by atoms with E-state index in [4.69, 9.17) is 5.26 Å². The maximum absolute atomic E-state index is 8.84. The lowest BCUT2D eigenvalue weighted by Crippen LogP contribution is -1.95. The molecule has 2 aromatic rings. The van der Waals surface area contributed by atoms with E-state index in [1.165, 1.54) is 12.8 Å². The molecule has 0 N–H and O–H groups in total. The number of nitriles is 1. The van der Waals surface area contributed by atoms with Crippen LogP contribution in [0.2, 0.25) is 0 Å². The predicted molar refractivity (Wildman–Crippen MR) is 60.9 cm³/mol. The van der Waals surface area contributed by atoms with Gasteiger partial charge in [0.05, 0.1) is 5.56 Å². The van der Waals surface area contributed by atoms with Gasteiger partial charge in [0, 0.05) is 12.6 Å². The lowest BCUT2D eigenvalue weighted by molar-refractivity contribution is 0.688. The molecule has 0 atom stereocenters. The molecule has 4 nitrogen and oxygen atoms in total. The van der Waals surface area contributed by atoms with E-state index in [-0.39, 0.29) is 0 Å². The Labute approximate surface area is 94.5 Å². The zero-order valence-electron chi connectivity index (χ0n) is 9.35. The Bertz CT molecular complexity index is 521. The molecule has 0 spiro atoms. The van der Waals surface area contributed by atoms with Crippen LogP contribution in [0.25, 0.3) is 5.65 Å². The van der Waals surface area contributed by atoms with Crippen LogP contribution in [0.4, 0.5) is 0 Å². The van der Waals surface area contributed by atoms with E-state index < -0.39 is 0 Å². The Morgan fingerprint density at radius 3 is 2.94 bits per heavy atom. The minimum Gasteiger partial charge on any atom is -0.285 e. The second kappa shape index (κ2) is 4.75. The molecule has 0 radical (unpaired) electrons. The highest BCUT2D eigenvalue weighted by Gasteiger charge is 2.05. The maximum Gasteiger partial charge on any atom is 0.160 e. The van der Waals surface area contributed by atoms with E-state index in [0.717, 1.165) is 24.3 Å². The summed E-state index contributed by atoms with van der Waals surface area (Å²) in [5, 5.41) is 17.1. The van der Waals surface area contributed by atoms with Crippen molar-refractivity contribution in [2.45, 2.75) is 32.6 Å². The van der Waals surface area contributed by atoms with Gasteiger partial charge in [-0.3, -0.25) is 4.40 Å². The van der Waals surface area contributed by atoms with Crippen molar-refractivity contribution >= 4 is 5.65 Å². The molecular formula is C12H14N4. The lowest BCUT2D eigenvalue weighted by Gasteiger charge is -1.99. The minimum atomic E-state index is 0.643. The molecule has 0 aromatic carbocycles. The quantitative estimate of drug-likeness (QED) is 0.734. The molecule has 2 heterocycles. The molecule has 2 rings (SSSR count). The number of aryl methyl sites for hydroxylation is 1. The molecule has 0 fully saturated rings. The Morgan fingerprint density at radius 2 is 2.19 bits per heavy atom. The zero-order chi connectivity index (χ0) is 11.4. The standard InChI is InChI=1S/C12H14N4/c1-2-3-4-5-11-14-15-12-7-6-10(8-13)9-16(11)12/h6-7,9H,2-5H2,1H3. The first-order chi connectivity index (χ1) is 7.85. The molecule has 0 aliphatic rings. The van der Waals surface area contributed by atoms with Gasteiger partial charge in [-0.2, -0.15) is 5.26 Å². The number of hydrogen-bond acceptors (Lipinski definition) is 3. The maximum atomic E-state index is 8.84. The third-order valence-corrected chi connectivity index (χ3v) is 2.61. The summed E-state index contributed by atoms with van der Waals surface area (Å²) in [7, 11) is 0. The van der Waals surface area contributed by atoms with Crippen LogP contribution < -0.4 is 0 Å². The van der Waals surface area contributed by atoms with Crippen molar-refractivity contribution < 1.29 is 0 Å². The van der Waals surface area contributed by atoms with E-state index >= 15 is 0 Å². The molecule has 0 aliphatic carbocycles. The summed E-state index contributed by atoms with van der Waals surface area (Å²) in [5.41, 5.74) is 1.45. The van der Waals surface area contributed by atoms with E-state index in [9.17, 15) is 0 Å². The third kappa shape index (κ3) is 2.03. The van der Waals surface area contributed by atoms with Crippen molar-refractivity contribution in [1.29, 1.82) is 5.26 Å². The first-order valence-corrected chi connectivity index (χ1v) is 5.59. The summed E-state index contributed by atoms with van der Waals surface area (Å²) in [6.45, 7) is 2.18. The number of nitrogens with zero attached hydrogens (tertiary/aromatic N) is 4. The van der Waals surface area contributed by atoms with Crippen LogP contribution in [0.5, 0.6) is 0 Å². The van der Waals surface area contributed by atoms with Gasteiger partial charge in [-0.05, 0) is 18.6 Å². The van der Waals surface area contributed by atoms with Gasteiger partial charge in [0.1, 0.15) is 11.9 Å². The fourth-order valence-electron chi connectivity index (χ4n) is 1.71. The van der Waals surface area contributed by atoms with Gasteiger partial charge >= 0.3 is 0 Å². The summed E-state index contributed by atoms with van der Waals surface area (Å²) in [6.07, 6.45) is 6.24. The van der Waals surface area contributed by atoms with Crippen LogP contribution in [0.1, 0.15) is 37.6 Å². The van der Waals surface area contributed by atoms with Crippen molar-refractivity contribution in [1.82, 2.24) is 14.6 Å². The van der Waals surface area contributed by atoms with Crippen LogP contribution in [0.3, 0.4) is 0 Å². The predicted octanol–water partition coefficient (Wildman–Crippen LogP) is 2.33. The average Bonchev–Trinajstić information content (AvgIpc) is 2.72. The van der Waals surface area contributed by atoms with Gasteiger partial charge in [0.15, 0.2) is 5.65 Å². The smallest absolute Gasteiger partial charge is 0.160 e. The second-order valence-electron chi connectivity index (χ2n) is 3.83. The van der Waals surface area contributed by atoms with Crippen molar-refractivity contribution in [3.05, 3.63) is 29.7 Å². The van der Waals surface area contributed by atoms with Crippen LogP contribution in [0, 0.1) is 11.3 Å². The summed E-state index contributed by atoms with van der Waals surface area (Å²) >= 11 is 0. The number of pyridine rings is 1. The number of fused-ring (bicyclic) bond motifs is 1. The lowest BCUT2D eigenvalue weighted by atomic mass is 10.2. The Balaban J connectivity index is 2.28. The van der Waals surface area contributed by atoms with Gasteiger partial charge < -0.3 is 0 Å². The fourth-order valence-corrected chi connectivity index (χ4v) is 1.71. The molecule has 0 aliphatic heterocycles. The van der Waals surface area contributed by atoms with Gasteiger partial charge in [-0.1, -0.05) is 19.8 Å². The zero-order valence-corrected chi connectivity index (χ0v) is 9.35. The van der Waals surface area contributed by atoms with Gasteiger partial charge in [-0.25, -0.2) is 0 Å². The van der Waals surface area contributed by atoms with E-state index in [1.54, 1.807) is 12.3 Å². The second-order valence-corrected chi connectivity index (χ2v) is 3.83. The number of aromatic nitrogens is 3. The van der Waals surface area contributed by atoms with Crippen LogP contribution in [-0.4, -0.2) is 14.6 Å². The SMILES string of the molecule is CCCCCc1nnc2ccc(C#N)cn12. The van der Waals surface area contributed by atoms with Gasteiger partial charge in [0.25, 0.3) is 0 Å². The molecule has 0 bridgehead atoms. The molecule has 4 heteroatoms. The first-order valence-electron chi connectivity index (χ1n) is 5.59. The normalized spacial score (nSPS) is 10.5. The third-order valence-electron chi connectivity index (χ3n) is 2.61. The minimum absolute atomic E-state index is 0.643. The molecule has 0 saturated heterocycles. The monoisotopic (exact) mass is 214 g/mol.